The minimum absolute atomic E-state index is 0.505. The van der Waals surface area contributed by atoms with Crippen LogP contribution in [-0.4, -0.2) is 16.4 Å². The predicted octanol–water partition coefficient (Wildman–Crippen LogP) is 2.80. The van der Waals surface area contributed by atoms with Gasteiger partial charge in [-0.15, -0.1) is 0 Å². The number of rotatable bonds is 4. The van der Waals surface area contributed by atoms with Crippen molar-refractivity contribution in [3.05, 3.63) is 46.7 Å². The molecule has 0 saturated carbocycles. The molecule has 0 amide bonds. The van der Waals surface area contributed by atoms with Gasteiger partial charge < -0.3 is 4.74 Å². The molecule has 1 aromatic carbocycles. The van der Waals surface area contributed by atoms with E-state index in [1.807, 2.05) is 6.92 Å². The number of nitrogens with zero attached hydrogens (tertiary/aromatic N) is 3. The van der Waals surface area contributed by atoms with Crippen LogP contribution in [0.5, 0.6) is 5.75 Å². The Balaban J connectivity index is 1.88. The second kappa shape index (κ2) is 5.56. The molecule has 0 atom stereocenters. The van der Waals surface area contributed by atoms with Crippen LogP contribution in [0.2, 0.25) is 5.02 Å². The van der Waals surface area contributed by atoms with Crippen LogP contribution in [-0.2, 0) is 6.54 Å². The standard InChI is InChI=1S/C13H12ClN3O/c1-10-13(14)9-16-17(10)6-7-18-12-4-2-11(8-15)3-5-12/h2-5,9H,6-7H2,1H3. The number of benzene rings is 1. The lowest BCUT2D eigenvalue weighted by molar-refractivity contribution is 0.290. The first-order chi connectivity index (χ1) is 8.70. The van der Waals surface area contributed by atoms with Gasteiger partial charge in [-0.2, -0.15) is 10.4 Å². The Labute approximate surface area is 110 Å². The fourth-order valence-electron chi connectivity index (χ4n) is 1.52. The number of ether oxygens (including phenoxy) is 1. The van der Waals surface area contributed by atoms with Gasteiger partial charge in [-0.25, -0.2) is 0 Å². The zero-order valence-corrected chi connectivity index (χ0v) is 10.7. The van der Waals surface area contributed by atoms with Crippen LogP contribution < -0.4 is 4.74 Å². The highest BCUT2D eigenvalue weighted by atomic mass is 35.5. The minimum Gasteiger partial charge on any atom is -0.492 e. The van der Waals surface area contributed by atoms with Crippen LogP contribution in [0.3, 0.4) is 0 Å². The van der Waals surface area contributed by atoms with Gasteiger partial charge in [0.15, 0.2) is 0 Å². The van der Waals surface area contributed by atoms with Crippen molar-refractivity contribution in [2.75, 3.05) is 6.61 Å². The fourth-order valence-corrected chi connectivity index (χ4v) is 1.67. The molecule has 0 aliphatic heterocycles. The van der Waals surface area contributed by atoms with Gasteiger partial charge in [0, 0.05) is 0 Å². The lowest BCUT2D eigenvalue weighted by atomic mass is 10.2. The van der Waals surface area contributed by atoms with Crippen molar-refractivity contribution in [2.24, 2.45) is 0 Å². The zero-order chi connectivity index (χ0) is 13.0. The summed E-state index contributed by atoms with van der Waals surface area (Å²) in [7, 11) is 0. The molecule has 0 aliphatic carbocycles. The van der Waals surface area contributed by atoms with Gasteiger partial charge in [-0.05, 0) is 31.2 Å². The summed E-state index contributed by atoms with van der Waals surface area (Å²) in [5, 5.41) is 13.5. The van der Waals surface area contributed by atoms with E-state index in [2.05, 4.69) is 11.2 Å². The Morgan fingerprint density at radius 1 is 1.39 bits per heavy atom. The second-order valence-corrected chi connectivity index (χ2v) is 4.19. The molecule has 1 aromatic heterocycles. The maximum atomic E-state index is 8.67. The van der Waals surface area contributed by atoms with Gasteiger partial charge in [-0.1, -0.05) is 11.6 Å². The average molecular weight is 262 g/mol. The zero-order valence-electron chi connectivity index (χ0n) is 9.93. The Kier molecular flexibility index (Phi) is 3.85. The van der Waals surface area contributed by atoms with E-state index in [0.29, 0.717) is 23.7 Å². The van der Waals surface area contributed by atoms with E-state index in [1.54, 1.807) is 35.1 Å². The smallest absolute Gasteiger partial charge is 0.119 e. The first-order valence-electron chi connectivity index (χ1n) is 5.51. The molecule has 1 heterocycles. The maximum Gasteiger partial charge on any atom is 0.119 e. The Hall–Kier alpha value is -1.99. The van der Waals surface area contributed by atoms with Crippen molar-refractivity contribution >= 4 is 11.6 Å². The summed E-state index contributed by atoms with van der Waals surface area (Å²) in [4.78, 5) is 0. The lowest BCUT2D eigenvalue weighted by Gasteiger charge is -2.07. The Morgan fingerprint density at radius 2 is 2.11 bits per heavy atom. The van der Waals surface area contributed by atoms with Gasteiger partial charge in [0.1, 0.15) is 12.4 Å². The molecule has 4 nitrogen and oxygen atoms in total. The van der Waals surface area contributed by atoms with Crippen molar-refractivity contribution in [1.82, 2.24) is 9.78 Å². The van der Waals surface area contributed by atoms with E-state index in [4.69, 9.17) is 21.6 Å². The number of hydrogen-bond donors (Lipinski definition) is 0. The summed E-state index contributed by atoms with van der Waals surface area (Å²) in [5.41, 5.74) is 1.55. The van der Waals surface area contributed by atoms with Crippen LogP contribution in [0.25, 0.3) is 0 Å². The third kappa shape index (κ3) is 2.82. The van der Waals surface area contributed by atoms with Gasteiger partial charge in [0.05, 0.1) is 35.1 Å². The second-order valence-electron chi connectivity index (χ2n) is 3.79. The van der Waals surface area contributed by atoms with Crippen LogP contribution in [0.1, 0.15) is 11.3 Å². The lowest BCUT2D eigenvalue weighted by Crippen LogP contribution is -2.10. The first-order valence-corrected chi connectivity index (χ1v) is 5.89. The Morgan fingerprint density at radius 3 is 2.67 bits per heavy atom. The van der Waals surface area contributed by atoms with Gasteiger partial charge in [0.2, 0.25) is 0 Å². The molecular weight excluding hydrogens is 250 g/mol. The van der Waals surface area contributed by atoms with Crippen molar-refractivity contribution in [3.8, 4) is 11.8 Å². The molecule has 0 bridgehead atoms. The summed E-state index contributed by atoms with van der Waals surface area (Å²) < 4.78 is 7.36. The SMILES string of the molecule is Cc1c(Cl)cnn1CCOc1ccc(C#N)cc1. The normalized spacial score (nSPS) is 10.1. The maximum absolute atomic E-state index is 8.67. The predicted molar refractivity (Wildman–Crippen MR) is 68.6 cm³/mol. The summed E-state index contributed by atoms with van der Waals surface area (Å²) >= 11 is 5.90. The van der Waals surface area contributed by atoms with Crippen LogP contribution in [0, 0.1) is 18.3 Å². The summed E-state index contributed by atoms with van der Waals surface area (Å²) in [6, 6.07) is 9.08. The largest absolute Gasteiger partial charge is 0.492 e. The third-order valence-electron chi connectivity index (χ3n) is 2.60. The summed E-state index contributed by atoms with van der Waals surface area (Å²) in [5.74, 6) is 0.741. The minimum atomic E-state index is 0.505. The van der Waals surface area contributed by atoms with Gasteiger partial charge in [0.25, 0.3) is 0 Å². The Bertz CT molecular complexity index is 569. The molecule has 2 aromatic rings. The molecule has 5 heteroatoms. The number of nitriles is 1. The van der Waals surface area contributed by atoms with E-state index in [-0.39, 0.29) is 0 Å². The monoisotopic (exact) mass is 261 g/mol. The molecule has 0 saturated heterocycles. The van der Waals surface area contributed by atoms with Crippen molar-refractivity contribution in [3.63, 3.8) is 0 Å². The van der Waals surface area contributed by atoms with E-state index in [1.165, 1.54) is 0 Å². The highest BCUT2D eigenvalue weighted by molar-refractivity contribution is 6.31. The van der Waals surface area contributed by atoms with E-state index in [0.717, 1.165) is 11.4 Å². The third-order valence-corrected chi connectivity index (χ3v) is 2.97. The molecule has 0 aliphatic rings. The summed E-state index contributed by atoms with van der Waals surface area (Å²) in [6.45, 7) is 3.06. The van der Waals surface area contributed by atoms with Crippen LogP contribution in [0.4, 0.5) is 0 Å². The quantitative estimate of drug-likeness (QED) is 0.850. The highest BCUT2D eigenvalue weighted by Crippen LogP contribution is 2.14. The van der Waals surface area contributed by atoms with Gasteiger partial charge >= 0.3 is 0 Å². The van der Waals surface area contributed by atoms with Crippen molar-refractivity contribution < 1.29 is 4.74 Å². The molecule has 18 heavy (non-hydrogen) atoms. The van der Waals surface area contributed by atoms with Crippen LogP contribution >= 0.6 is 11.6 Å². The van der Waals surface area contributed by atoms with Crippen molar-refractivity contribution in [1.29, 1.82) is 5.26 Å². The molecule has 0 radical (unpaired) electrons. The van der Waals surface area contributed by atoms with E-state index < -0.39 is 0 Å². The highest BCUT2D eigenvalue weighted by Gasteiger charge is 2.03. The molecule has 0 spiro atoms. The number of aromatic nitrogens is 2. The van der Waals surface area contributed by atoms with Gasteiger partial charge in [-0.3, -0.25) is 4.68 Å². The fraction of sp³-hybridized carbons (Fsp3) is 0.231. The average Bonchev–Trinajstić information content (AvgIpc) is 2.71. The molecular formula is C13H12ClN3O. The first kappa shape index (κ1) is 12.5. The van der Waals surface area contributed by atoms with Crippen LogP contribution in [0.15, 0.2) is 30.5 Å². The topological polar surface area (TPSA) is 50.8 Å². The summed E-state index contributed by atoms with van der Waals surface area (Å²) in [6.07, 6.45) is 1.62. The number of hydrogen-bond acceptors (Lipinski definition) is 3. The molecule has 0 unspecified atom stereocenters. The molecule has 2 rings (SSSR count). The molecule has 0 N–H and O–H groups in total. The molecule has 0 fully saturated rings. The van der Waals surface area contributed by atoms with E-state index in [9.17, 15) is 0 Å². The van der Waals surface area contributed by atoms with Crippen molar-refractivity contribution in [2.45, 2.75) is 13.5 Å². The molecule has 92 valence electrons. The number of halogens is 1. The van der Waals surface area contributed by atoms with E-state index >= 15 is 0 Å².